The second-order valence-electron chi connectivity index (χ2n) is 6.44. The Kier molecular flexibility index (Phi) is 4.96. The molecule has 0 saturated carbocycles. The maximum absolute atomic E-state index is 12.3. The Balaban J connectivity index is 2.18. The molecular formula is C17H20N6O4. The van der Waals surface area contributed by atoms with Gasteiger partial charge in [-0.2, -0.15) is 10.2 Å². The van der Waals surface area contributed by atoms with Gasteiger partial charge in [-0.15, -0.1) is 0 Å². The molecule has 0 radical (unpaired) electrons. The van der Waals surface area contributed by atoms with Crippen LogP contribution in [0.5, 0.6) is 0 Å². The predicted molar refractivity (Wildman–Crippen MR) is 96.5 cm³/mol. The molecule has 10 heteroatoms. The first kappa shape index (κ1) is 18.6. The molecule has 1 fully saturated rings. The first-order chi connectivity index (χ1) is 12.9. The molecule has 0 aromatic carbocycles. The number of aliphatic hydroxyl groups excluding tert-OH is 1. The van der Waals surface area contributed by atoms with Crippen LogP contribution in [0.4, 0.5) is 10.6 Å². The molecule has 0 aliphatic carbocycles. The van der Waals surface area contributed by atoms with Crippen molar-refractivity contribution in [2.24, 2.45) is 7.05 Å². The molecule has 0 spiro atoms. The summed E-state index contributed by atoms with van der Waals surface area (Å²) in [7, 11) is 1.57. The Morgan fingerprint density at radius 2 is 2.07 bits per heavy atom. The van der Waals surface area contributed by atoms with Gasteiger partial charge in [0.1, 0.15) is 17.3 Å². The Bertz CT molecular complexity index is 982. The van der Waals surface area contributed by atoms with Crippen LogP contribution in [-0.2, 0) is 7.05 Å². The lowest BCUT2D eigenvalue weighted by atomic mass is 10.0. The van der Waals surface area contributed by atoms with Gasteiger partial charge in [0.05, 0.1) is 24.2 Å². The standard InChI is InChI=1S/C17H20N6O4/c1-3-11-7-22(12(9-24)8-23(11)17(26)27)15-14-13(21(2)16(25)20-15)5-4-10(6-18)19-14/h4-5,11-12,24H,3,7-9H2,1-2H3,(H,26,27)/t11-,12-/m1/s1. The van der Waals surface area contributed by atoms with E-state index in [2.05, 4.69) is 9.97 Å². The van der Waals surface area contributed by atoms with Gasteiger partial charge in [-0.3, -0.25) is 4.57 Å². The normalized spacial score (nSPS) is 19.9. The third-order valence-corrected chi connectivity index (χ3v) is 4.95. The van der Waals surface area contributed by atoms with Gasteiger partial charge in [0, 0.05) is 20.1 Å². The van der Waals surface area contributed by atoms with Gasteiger partial charge in [-0.1, -0.05) is 6.92 Å². The number of piperazine rings is 1. The van der Waals surface area contributed by atoms with Crippen LogP contribution in [-0.4, -0.2) is 67.5 Å². The van der Waals surface area contributed by atoms with Crippen molar-refractivity contribution in [2.45, 2.75) is 25.4 Å². The monoisotopic (exact) mass is 372 g/mol. The van der Waals surface area contributed by atoms with Crippen LogP contribution in [0.2, 0.25) is 0 Å². The zero-order valence-electron chi connectivity index (χ0n) is 15.0. The highest BCUT2D eigenvalue weighted by Crippen LogP contribution is 2.27. The second kappa shape index (κ2) is 7.20. The number of anilines is 1. The third kappa shape index (κ3) is 3.17. The number of fused-ring (bicyclic) bond motifs is 1. The number of hydrogen-bond donors (Lipinski definition) is 2. The number of aliphatic hydroxyl groups is 1. The Labute approximate surface area is 154 Å². The molecule has 1 aliphatic rings. The minimum atomic E-state index is -1.05. The Morgan fingerprint density at radius 3 is 2.67 bits per heavy atom. The number of pyridine rings is 1. The van der Waals surface area contributed by atoms with E-state index in [1.54, 1.807) is 18.0 Å². The van der Waals surface area contributed by atoms with Crippen LogP contribution < -0.4 is 10.6 Å². The largest absolute Gasteiger partial charge is 0.465 e. The number of amides is 1. The van der Waals surface area contributed by atoms with Crippen molar-refractivity contribution in [1.29, 1.82) is 5.26 Å². The van der Waals surface area contributed by atoms with Crippen molar-refractivity contribution in [3.63, 3.8) is 0 Å². The summed E-state index contributed by atoms with van der Waals surface area (Å²) in [6.07, 6.45) is -0.479. The summed E-state index contributed by atoms with van der Waals surface area (Å²) in [5.41, 5.74) is 0.568. The molecule has 3 heterocycles. The summed E-state index contributed by atoms with van der Waals surface area (Å²) in [6.45, 7) is 1.92. The predicted octanol–water partition coefficient (Wildman–Crippen LogP) is 0.140. The highest BCUT2D eigenvalue weighted by Gasteiger charge is 2.37. The van der Waals surface area contributed by atoms with Crippen LogP contribution in [0, 0.1) is 11.3 Å². The van der Waals surface area contributed by atoms with Crippen LogP contribution in [0.1, 0.15) is 19.0 Å². The number of rotatable bonds is 3. The van der Waals surface area contributed by atoms with E-state index in [1.807, 2.05) is 13.0 Å². The summed E-state index contributed by atoms with van der Waals surface area (Å²) >= 11 is 0. The van der Waals surface area contributed by atoms with Crippen molar-refractivity contribution in [3.05, 3.63) is 28.3 Å². The first-order valence-corrected chi connectivity index (χ1v) is 8.56. The van der Waals surface area contributed by atoms with E-state index in [4.69, 9.17) is 5.26 Å². The SMILES string of the molecule is CC[C@@H]1CN(c2nc(=O)n(C)c3ccc(C#N)nc23)[C@@H](CO)CN1C(=O)O. The Hall–Kier alpha value is -3.19. The van der Waals surface area contributed by atoms with Gasteiger partial charge < -0.3 is 20.0 Å². The minimum absolute atomic E-state index is 0.0840. The number of hydrogen-bond acceptors (Lipinski definition) is 7. The summed E-state index contributed by atoms with van der Waals surface area (Å²) in [5.74, 6) is 0.257. The summed E-state index contributed by atoms with van der Waals surface area (Å²) in [6, 6.07) is 4.24. The van der Waals surface area contributed by atoms with E-state index < -0.39 is 17.8 Å². The Morgan fingerprint density at radius 1 is 1.33 bits per heavy atom. The molecule has 0 unspecified atom stereocenters. The molecule has 27 heavy (non-hydrogen) atoms. The molecule has 2 aromatic heterocycles. The molecule has 0 bridgehead atoms. The number of aromatic nitrogens is 3. The number of aryl methyl sites for hydroxylation is 1. The van der Waals surface area contributed by atoms with E-state index in [0.717, 1.165) is 0 Å². The molecule has 2 aromatic rings. The number of nitrogens with zero attached hydrogens (tertiary/aromatic N) is 6. The molecule has 1 amide bonds. The van der Waals surface area contributed by atoms with Crippen molar-refractivity contribution >= 4 is 22.9 Å². The maximum Gasteiger partial charge on any atom is 0.407 e. The van der Waals surface area contributed by atoms with E-state index >= 15 is 0 Å². The molecule has 142 valence electrons. The number of nitriles is 1. The van der Waals surface area contributed by atoms with Gasteiger partial charge in [0.25, 0.3) is 0 Å². The molecule has 2 atom stereocenters. The van der Waals surface area contributed by atoms with Crippen LogP contribution in [0.3, 0.4) is 0 Å². The van der Waals surface area contributed by atoms with Crippen LogP contribution in [0.25, 0.3) is 11.0 Å². The van der Waals surface area contributed by atoms with Crippen molar-refractivity contribution in [2.75, 3.05) is 24.6 Å². The summed E-state index contributed by atoms with van der Waals surface area (Å²) < 4.78 is 1.34. The number of carbonyl (C=O) groups is 1. The molecule has 1 saturated heterocycles. The van der Waals surface area contributed by atoms with E-state index in [0.29, 0.717) is 17.5 Å². The maximum atomic E-state index is 12.3. The van der Waals surface area contributed by atoms with Crippen molar-refractivity contribution in [1.82, 2.24) is 19.4 Å². The van der Waals surface area contributed by atoms with Gasteiger partial charge in [-0.05, 0) is 18.6 Å². The first-order valence-electron chi connectivity index (χ1n) is 8.56. The average Bonchev–Trinajstić information content (AvgIpc) is 2.69. The lowest BCUT2D eigenvalue weighted by molar-refractivity contribution is 0.0949. The fourth-order valence-corrected chi connectivity index (χ4v) is 3.42. The van der Waals surface area contributed by atoms with Gasteiger partial charge in [-0.25, -0.2) is 14.6 Å². The van der Waals surface area contributed by atoms with Gasteiger partial charge in [0.2, 0.25) is 0 Å². The highest BCUT2D eigenvalue weighted by molar-refractivity contribution is 5.86. The van der Waals surface area contributed by atoms with E-state index in [9.17, 15) is 19.8 Å². The van der Waals surface area contributed by atoms with Gasteiger partial charge >= 0.3 is 11.8 Å². The zero-order valence-corrected chi connectivity index (χ0v) is 15.0. The highest BCUT2D eigenvalue weighted by atomic mass is 16.4. The lowest BCUT2D eigenvalue weighted by Gasteiger charge is -2.45. The smallest absolute Gasteiger partial charge is 0.407 e. The average molecular weight is 372 g/mol. The van der Waals surface area contributed by atoms with Crippen molar-refractivity contribution < 1.29 is 15.0 Å². The van der Waals surface area contributed by atoms with E-state index in [1.165, 1.54) is 15.5 Å². The fourth-order valence-electron chi connectivity index (χ4n) is 3.42. The van der Waals surface area contributed by atoms with E-state index in [-0.39, 0.29) is 37.3 Å². The molecule has 3 rings (SSSR count). The fraction of sp³-hybridized carbons (Fsp3) is 0.471. The molecular weight excluding hydrogens is 352 g/mol. The van der Waals surface area contributed by atoms with Crippen molar-refractivity contribution in [3.8, 4) is 6.07 Å². The summed E-state index contributed by atoms with van der Waals surface area (Å²) in [5, 5.41) is 28.4. The minimum Gasteiger partial charge on any atom is -0.465 e. The third-order valence-electron chi connectivity index (χ3n) is 4.95. The van der Waals surface area contributed by atoms with Crippen LogP contribution in [0.15, 0.2) is 16.9 Å². The quantitative estimate of drug-likeness (QED) is 0.776. The molecule has 10 nitrogen and oxygen atoms in total. The second-order valence-corrected chi connectivity index (χ2v) is 6.44. The van der Waals surface area contributed by atoms with Crippen LogP contribution >= 0.6 is 0 Å². The lowest BCUT2D eigenvalue weighted by Crippen LogP contribution is -2.61. The summed E-state index contributed by atoms with van der Waals surface area (Å²) in [4.78, 5) is 35.3. The van der Waals surface area contributed by atoms with Gasteiger partial charge in [0.15, 0.2) is 5.82 Å². The zero-order chi connectivity index (χ0) is 19.7. The molecule has 2 N–H and O–H groups in total. The molecule has 1 aliphatic heterocycles. The topological polar surface area (TPSA) is 136 Å². The number of carboxylic acid groups (broad SMARTS) is 1.